The van der Waals surface area contributed by atoms with E-state index in [2.05, 4.69) is 17.7 Å². The van der Waals surface area contributed by atoms with Crippen LogP contribution in [0.5, 0.6) is 5.75 Å². The number of rotatable bonds is 4. The molecule has 1 aromatic carbocycles. The number of terminal acetylenes is 1. The summed E-state index contributed by atoms with van der Waals surface area (Å²) in [4.78, 5) is 2.12. The van der Waals surface area contributed by atoms with Crippen molar-refractivity contribution in [1.29, 1.82) is 0 Å². The third-order valence-electron chi connectivity index (χ3n) is 2.10. The summed E-state index contributed by atoms with van der Waals surface area (Å²) in [6, 6.07) is 7.91. The second kappa shape index (κ2) is 5.18. The molecule has 0 aliphatic carbocycles. The minimum Gasteiger partial charge on any atom is -0.497 e. The summed E-state index contributed by atoms with van der Waals surface area (Å²) >= 11 is 0. The third-order valence-corrected chi connectivity index (χ3v) is 2.10. The van der Waals surface area contributed by atoms with Gasteiger partial charge in [-0.3, -0.25) is 0 Å². The minimum atomic E-state index is 0.642. The molecule has 0 heterocycles. The van der Waals surface area contributed by atoms with Crippen LogP contribution >= 0.6 is 0 Å². The fourth-order valence-corrected chi connectivity index (χ4v) is 1.29. The third kappa shape index (κ3) is 2.43. The molecule has 0 radical (unpaired) electrons. The van der Waals surface area contributed by atoms with Crippen LogP contribution in [0.3, 0.4) is 0 Å². The quantitative estimate of drug-likeness (QED) is 0.673. The first-order valence-electron chi connectivity index (χ1n) is 4.64. The molecule has 14 heavy (non-hydrogen) atoms. The van der Waals surface area contributed by atoms with Gasteiger partial charge in [-0.15, -0.1) is 6.42 Å². The summed E-state index contributed by atoms with van der Waals surface area (Å²) in [5, 5.41) is 0. The zero-order chi connectivity index (χ0) is 10.4. The molecule has 1 rings (SSSR count). The van der Waals surface area contributed by atoms with E-state index in [1.165, 1.54) is 0 Å². The molecule has 0 bridgehead atoms. The van der Waals surface area contributed by atoms with Crippen LogP contribution in [0.2, 0.25) is 0 Å². The number of anilines is 1. The van der Waals surface area contributed by atoms with Gasteiger partial charge in [0.1, 0.15) is 5.75 Å². The molecule has 0 aromatic heterocycles. The molecular weight excluding hydrogens is 174 g/mol. The van der Waals surface area contributed by atoms with Crippen LogP contribution in [0, 0.1) is 12.3 Å². The van der Waals surface area contributed by atoms with Crippen molar-refractivity contribution in [3.63, 3.8) is 0 Å². The Morgan fingerprint density at radius 1 is 1.36 bits per heavy atom. The van der Waals surface area contributed by atoms with Crippen LogP contribution in [-0.2, 0) is 0 Å². The van der Waals surface area contributed by atoms with Gasteiger partial charge in [-0.05, 0) is 31.2 Å². The van der Waals surface area contributed by atoms with Crippen LogP contribution < -0.4 is 9.64 Å². The second-order valence-corrected chi connectivity index (χ2v) is 2.92. The summed E-state index contributed by atoms with van der Waals surface area (Å²) in [7, 11) is 1.66. The summed E-state index contributed by atoms with van der Waals surface area (Å²) in [6.45, 7) is 3.64. The molecule has 0 N–H and O–H groups in total. The van der Waals surface area contributed by atoms with Crippen LogP contribution in [0.4, 0.5) is 5.69 Å². The lowest BCUT2D eigenvalue weighted by Gasteiger charge is -2.20. The molecule has 0 saturated heterocycles. The van der Waals surface area contributed by atoms with E-state index in [1.54, 1.807) is 7.11 Å². The van der Waals surface area contributed by atoms with Gasteiger partial charge in [0.05, 0.1) is 13.7 Å². The van der Waals surface area contributed by atoms with E-state index in [9.17, 15) is 0 Å². The SMILES string of the molecule is C#CCN(CC)c1ccc(OC)cc1. The maximum absolute atomic E-state index is 5.28. The average molecular weight is 189 g/mol. The molecule has 0 amide bonds. The van der Waals surface area contributed by atoms with Gasteiger partial charge in [-0.25, -0.2) is 0 Å². The van der Waals surface area contributed by atoms with Crippen molar-refractivity contribution in [2.75, 3.05) is 25.1 Å². The second-order valence-electron chi connectivity index (χ2n) is 2.92. The van der Waals surface area contributed by atoms with Crippen molar-refractivity contribution in [2.45, 2.75) is 6.92 Å². The van der Waals surface area contributed by atoms with Gasteiger partial charge in [0, 0.05) is 12.2 Å². The van der Waals surface area contributed by atoms with Crippen LogP contribution in [0.1, 0.15) is 6.92 Å². The Hall–Kier alpha value is -1.62. The van der Waals surface area contributed by atoms with E-state index in [0.717, 1.165) is 18.0 Å². The van der Waals surface area contributed by atoms with Crippen molar-refractivity contribution >= 4 is 5.69 Å². The molecule has 0 fully saturated rings. The Morgan fingerprint density at radius 2 is 2.00 bits per heavy atom. The normalized spacial score (nSPS) is 9.21. The Balaban J connectivity index is 2.79. The maximum Gasteiger partial charge on any atom is 0.119 e. The van der Waals surface area contributed by atoms with Crippen LogP contribution in [-0.4, -0.2) is 20.2 Å². The van der Waals surface area contributed by atoms with E-state index < -0.39 is 0 Å². The topological polar surface area (TPSA) is 12.5 Å². The van der Waals surface area contributed by atoms with Gasteiger partial charge in [0.2, 0.25) is 0 Å². The average Bonchev–Trinajstić information content (AvgIpc) is 2.26. The first-order chi connectivity index (χ1) is 6.81. The highest BCUT2D eigenvalue weighted by molar-refractivity contribution is 5.49. The smallest absolute Gasteiger partial charge is 0.119 e. The van der Waals surface area contributed by atoms with E-state index in [0.29, 0.717) is 6.54 Å². The van der Waals surface area contributed by atoms with Crippen molar-refractivity contribution in [3.8, 4) is 18.1 Å². The number of nitrogens with zero attached hydrogens (tertiary/aromatic N) is 1. The predicted octanol–water partition coefficient (Wildman–Crippen LogP) is 2.15. The molecule has 2 nitrogen and oxygen atoms in total. The lowest BCUT2D eigenvalue weighted by atomic mass is 10.2. The van der Waals surface area contributed by atoms with Gasteiger partial charge < -0.3 is 9.64 Å². The number of hydrogen-bond acceptors (Lipinski definition) is 2. The Bertz CT molecular complexity index is 310. The standard InChI is InChI=1S/C12H15NO/c1-4-10-13(5-2)11-6-8-12(14-3)9-7-11/h1,6-9H,5,10H2,2-3H3. The molecule has 2 heteroatoms. The first kappa shape index (κ1) is 10.5. The fourth-order valence-electron chi connectivity index (χ4n) is 1.29. The highest BCUT2D eigenvalue weighted by Crippen LogP contribution is 2.18. The van der Waals surface area contributed by atoms with Crippen molar-refractivity contribution < 1.29 is 4.74 Å². The van der Waals surface area contributed by atoms with E-state index >= 15 is 0 Å². The van der Waals surface area contributed by atoms with Gasteiger partial charge in [-0.2, -0.15) is 0 Å². The van der Waals surface area contributed by atoms with Gasteiger partial charge in [-0.1, -0.05) is 5.92 Å². The molecule has 0 spiro atoms. The van der Waals surface area contributed by atoms with Gasteiger partial charge in [0.25, 0.3) is 0 Å². The van der Waals surface area contributed by atoms with Gasteiger partial charge >= 0.3 is 0 Å². The number of ether oxygens (including phenoxy) is 1. The van der Waals surface area contributed by atoms with E-state index in [4.69, 9.17) is 11.2 Å². The largest absolute Gasteiger partial charge is 0.497 e. The summed E-state index contributed by atoms with van der Waals surface area (Å²) in [5.74, 6) is 3.51. The summed E-state index contributed by atoms with van der Waals surface area (Å²) in [6.07, 6.45) is 5.28. The zero-order valence-corrected chi connectivity index (χ0v) is 8.66. The molecular formula is C12H15NO. The summed E-state index contributed by atoms with van der Waals surface area (Å²) < 4.78 is 5.08. The maximum atomic E-state index is 5.28. The predicted molar refractivity (Wildman–Crippen MR) is 59.7 cm³/mol. The Morgan fingerprint density at radius 3 is 2.43 bits per heavy atom. The van der Waals surface area contributed by atoms with E-state index in [1.807, 2.05) is 24.3 Å². The molecule has 0 aliphatic rings. The van der Waals surface area contributed by atoms with Crippen molar-refractivity contribution in [1.82, 2.24) is 0 Å². The molecule has 0 unspecified atom stereocenters. The van der Waals surface area contributed by atoms with Crippen LogP contribution in [0.25, 0.3) is 0 Å². The number of hydrogen-bond donors (Lipinski definition) is 0. The monoisotopic (exact) mass is 189 g/mol. The lowest BCUT2D eigenvalue weighted by Crippen LogP contribution is -2.22. The highest BCUT2D eigenvalue weighted by atomic mass is 16.5. The van der Waals surface area contributed by atoms with E-state index in [-0.39, 0.29) is 0 Å². The Kier molecular flexibility index (Phi) is 3.87. The Labute approximate surface area is 85.5 Å². The number of benzene rings is 1. The molecule has 1 aromatic rings. The van der Waals surface area contributed by atoms with Gasteiger partial charge in [0.15, 0.2) is 0 Å². The highest BCUT2D eigenvalue weighted by Gasteiger charge is 2.01. The fraction of sp³-hybridized carbons (Fsp3) is 0.333. The zero-order valence-electron chi connectivity index (χ0n) is 8.66. The van der Waals surface area contributed by atoms with Crippen molar-refractivity contribution in [2.24, 2.45) is 0 Å². The first-order valence-corrected chi connectivity index (χ1v) is 4.64. The number of methoxy groups -OCH3 is 1. The molecule has 0 saturated carbocycles. The van der Waals surface area contributed by atoms with Crippen LogP contribution in [0.15, 0.2) is 24.3 Å². The molecule has 0 atom stereocenters. The van der Waals surface area contributed by atoms with Crippen molar-refractivity contribution in [3.05, 3.63) is 24.3 Å². The lowest BCUT2D eigenvalue weighted by molar-refractivity contribution is 0.415. The minimum absolute atomic E-state index is 0.642. The summed E-state index contributed by atoms with van der Waals surface area (Å²) in [5.41, 5.74) is 1.13. The molecule has 0 aliphatic heterocycles. The molecule has 74 valence electrons.